The first kappa shape index (κ1) is 18.4. The minimum atomic E-state index is 0.467. The van der Waals surface area contributed by atoms with E-state index in [-0.39, 0.29) is 0 Å². The highest BCUT2D eigenvalue weighted by molar-refractivity contribution is 9.10. The van der Waals surface area contributed by atoms with Gasteiger partial charge in [-0.2, -0.15) is 5.26 Å². The molecule has 0 amide bonds. The van der Waals surface area contributed by atoms with E-state index in [0.717, 1.165) is 28.1 Å². The summed E-state index contributed by atoms with van der Waals surface area (Å²) in [5.74, 6) is 1.17. The molecule has 2 rings (SSSR count). The third-order valence-corrected chi connectivity index (χ3v) is 4.51. The maximum absolute atomic E-state index is 8.80. The second-order valence-corrected chi connectivity index (χ2v) is 6.92. The zero-order valence-corrected chi connectivity index (χ0v) is 16.3. The van der Waals surface area contributed by atoms with Crippen molar-refractivity contribution in [1.29, 1.82) is 5.26 Å². The number of halogens is 1. The van der Waals surface area contributed by atoms with Crippen LogP contribution in [0.2, 0.25) is 0 Å². The molecule has 0 spiro atoms. The van der Waals surface area contributed by atoms with Crippen LogP contribution in [0.15, 0.2) is 28.7 Å². The fraction of sp³-hybridized carbons (Fsp3) is 0.421. The van der Waals surface area contributed by atoms with Crippen LogP contribution in [0, 0.1) is 18.3 Å². The van der Waals surface area contributed by atoms with Crippen LogP contribution in [0.25, 0.3) is 0 Å². The number of nitrogens with zero attached hydrogens (tertiary/aromatic N) is 4. The molecule has 5 heteroatoms. The van der Waals surface area contributed by atoms with Crippen LogP contribution in [0.5, 0.6) is 0 Å². The zero-order valence-electron chi connectivity index (χ0n) is 14.7. The lowest BCUT2D eigenvalue weighted by molar-refractivity contribution is 0.859. The van der Waals surface area contributed by atoms with Gasteiger partial charge in [-0.1, -0.05) is 19.9 Å². The molecular formula is C19H23BrN4. The van der Waals surface area contributed by atoms with Gasteiger partial charge in [0.1, 0.15) is 0 Å². The van der Waals surface area contributed by atoms with Crippen LogP contribution in [0.4, 0.5) is 11.6 Å². The first-order chi connectivity index (χ1) is 11.5. The molecule has 4 nitrogen and oxygen atoms in total. The Balaban J connectivity index is 2.41. The Labute approximate surface area is 152 Å². The molecule has 0 atom stereocenters. The average molecular weight is 387 g/mol. The summed E-state index contributed by atoms with van der Waals surface area (Å²) < 4.78 is 1.04. The van der Waals surface area contributed by atoms with E-state index in [2.05, 4.69) is 75.8 Å². The van der Waals surface area contributed by atoms with Crippen molar-refractivity contribution in [2.75, 3.05) is 11.4 Å². The molecule has 0 aliphatic rings. The molecule has 1 heterocycles. The van der Waals surface area contributed by atoms with Crippen molar-refractivity contribution in [3.05, 3.63) is 45.7 Å². The Kier molecular flexibility index (Phi) is 6.33. The Morgan fingerprint density at radius 3 is 2.58 bits per heavy atom. The van der Waals surface area contributed by atoms with Crippen molar-refractivity contribution >= 4 is 27.6 Å². The van der Waals surface area contributed by atoms with Crippen LogP contribution < -0.4 is 4.90 Å². The lowest BCUT2D eigenvalue weighted by Gasteiger charge is -2.24. The van der Waals surface area contributed by atoms with Gasteiger partial charge in [0.25, 0.3) is 0 Å². The maximum atomic E-state index is 8.80. The second kappa shape index (κ2) is 8.25. The number of hydrogen-bond acceptors (Lipinski definition) is 4. The van der Waals surface area contributed by atoms with E-state index in [1.807, 2.05) is 13.0 Å². The topological polar surface area (TPSA) is 52.8 Å². The minimum Gasteiger partial charge on any atom is -0.310 e. The Bertz CT molecular complexity index is 750. The fourth-order valence-electron chi connectivity index (χ4n) is 2.57. The van der Waals surface area contributed by atoms with Gasteiger partial charge in [0.15, 0.2) is 0 Å². The van der Waals surface area contributed by atoms with Crippen LogP contribution in [-0.2, 0) is 6.42 Å². The summed E-state index contributed by atoms with van der Waals surface area (Å²) >= 11 is 3.69. The lowest BCUT2D eigenvalue weighted by Crippen LogP contribution is -2.20. The third-order valence-electron chi connectivity index (χ3n) is 3.88. The van der Waals surface area contributed by atoms with Crippen LogP contribution in [0.1, 0.15) is 50.1 Å². The van der Waals surface area contributed by atoms with Gasteiger partial charge in [0.05, 0.1) is 11.8 Å². The molecule has 0 unspecified atom stereocenters. The molecule has 0 radical (unpaired) electrons. The van der Waals surface area contributed by atoms with E-state index >= 15 is 0 Å². The molecule has 0 saturated heterocycles. The summed E-state index contributed by atoms with van der Waals surface area (Å²) in [6.45, 7) is 9.18. The summed E-state index contributed by atoms with van der Waals surface area (Å²) in [5, 5.41) is 8.80. The number of aryl methyl sites for hydroxylation is 2. The fourth-order valence-corrected chi connectivity index (χ4v) is 3.18. The molecule has 2 aromatic rings. The molecule has 0 fully saturated rings. The highest BCUT2D eigenvalue weighted by Crippen LogP contribution is 2.33. The standard InChI is InChI=1S/C19H23BrN4/c1-5-24(18-9-8-15(13(2)3)12-17(18)20)19-22-14(4)11-16(23-19)7-6-10-21/h8-9,11-13H,5-7H2,1-4H3. The number of anilines is 2. The molecule has 126 valence electrons. The second-order valence-electron chi connectivity index (χ2n) is 6.07. The summed E-state index contributed by atoms with van der Waals surface area (Å²) in [6.07, 6.45) is 1.12. The highest BCUT2D eigenvalue weighted by Gasteiger charge is 2.16. The molecule has 1 aromatic heterocycles. The molecule has 0 aliphatic carbocycles. The van der Waals surface area contributed by atoms with Gasteiger partial charge in [0, 0.05) is 35.2 Å². The SMILES string of the molecule is CCN(c1nc(C)cc(CCC#N)n1)c1ccc(C(C)C)cc1Br. The van der Waals surface area contributed by atoms with Crippen molar-refractivity contribution in [3.63, 3.8) is 0 Å². The van der Waals surface area contributed by atoms with Crippen molar-refractivity contribution in [1.82, 2.24) is 9.97 Å². The van der Waals surface area contributed by atoms with Gasteiger partial charge in [-0.15, -0.1) is 0 Å². The van der Waals surface area contributed by atoms with Gasteiger partial charge >= 0.3 is 0 Å². The van der Waals surface area contributed by atoms with Crippen LogP contribution in [0.3, 0.4) is 0 Å². The van der Waals surface area contributed by atoms with E-state index in [1.165, 1.54) is 5.56 Å². The molecule has 24 heavy (non-hydrogen) atoms. The molecule has 0 saturated carbocycles. The van der Waals surface area contributed by atoms with Crippen molar-refractivity contribution < 1.29 is 0 Å². The molecule has 0 aliphatic heterocycles. The Morgan fingerprint density at radius 2 is 2.00 bits per heavy atom. The summed E-state index contributed by atoms with van der Waals surface area (Å²) in [4.78, 5) is 11.4. The zero-order chi connectivity index (χ0) is 17.7. The van der Waals surface area contributed by atoms with Crippen molar-refractivity contribution in [2.24, 2.45) is 0 Å². The minimum absolute atomic E-state index is 0.467. The highest BCUT2D eigenvalue weighted by atomic mass is 79.9. The average Bonchev–Trinajstić information content (AvgIpc) is 2.54. The number of nitriles is 1. The predicted octanol–water partition coefficient (Wildman–Crippen LogP) is 5.29. The number of rotatable bonds is 6. The monoisotopic (exact) mass is 386 g/mol. The lowest BCUT2D eigenvalue weighted by atomic mass is 10.0. The van der Waals surface area contributed by atoms with Gasteiger partial charge in [-0.25, -0.2) is 9.97 Å². The summed E-state index contributed by atoms with van der Waals surface area (Å²) in [5.41, 5.74) is 4.18. The van der Waals surface area contributed by atoms with E-state index in [4.69, 9.17) is 5.26 Å². The van der Waals surface area contributed by atoms with Crippen molar-refractivity contribution in [2.45, 2.75) is 46.5 Å². The predicted molar refractivity (Wildman–Crippen MR) is 102 cm³/mol. The van der Waals surface area contributed by atoms with Gasteiger partial charge in [-0.05, 0) is 59.5 Å². The van der Waals surface area contributed by atoms with Crippen molar-refractivity contribution in [3.8, 4) is 6.07 Å². The van der Waals surface area contributed by atoms with E-state index in [0.29, 0.717) is 24.7 Å². The number of benzene rings is 1. The van der Waals surface area contributed by atoms with Crippen LogP contribution >= 0.6 is 15.9 Å². The summed E-state index contributed by atoms with van der Waals surface area (Å²) in [6, 6.07) is 10.6. The van der Waals surface area contributed by atoms with E-state index in [1.54, 1.807) is 0 Å². The first-order valence-corrected chi connectivity index (χ1v) is 9.04. The van der Waals surface area contributed by atoms with E-state index in [9.17, 15) is 0 Å². The normalized spacial score (nSPS) is 10.7. The smallest absolute Gasteiger partial charge is 0.230 e. The van der Waals surface area contributed by atoms with Gasteiger partial charge < -0.3 is 4.90 Å². The molecular weight excluding hydrogens is 364 g/mol. The Morgan fingerprint density at radius 1 is 1.25 bits per heavy atom. The first-order valence-electron chi connectivity index (χ1n) is 8.24. The molecule has 0 N–H and O–H groups in total. The van der Waals surface area contributed by atoms with E-state index < -0.39 is 0 Å². The quantitative estimate of drug-likeness (QED) is 0.676. The molecule has 0 bridgehead atoms. The van der Waals surface area contributed by atoms with Gasteiger partial charge in [0.2, 0.25) is 5.95 Å². The Hall–Kier alpha value is -1.93. The summed E-state index contributed by atoms with van der Waals surface area (Å²) in [7, 11) is 0. The number of hydrogen-bond donors (Lipinski definition) is 0. The van der Waals surface area contributed by atoms with Crippen LogP contribution in [-0.4, -0.2) is 16.5 Å². The molecule has 1 aromatic carbocycles. The maximum Gasteiger partial charge on any atom is 0.230 e. The number of aromatic nitrogens is 2. The third kappa shape index (κ3) is 4.33. The largest absolute Gasteiger partial charge is 0.310 e. The van der Waals surface area contributed by atoms with Gasteiger partial charge in [-0.3, -0.25) is 0 Å².